The molecule has 1 N–H and O–H groups in total. The highest BCUT2D eigenvalue weighted by atomic mass is 32.2. The van der Waals surface area contributed by atoms with Crippen molar-refractivity contribution >= 4 is 28.6 Å². The lowest BCUT2D eigenvalue weighted by atomic mass is 9.93. The molecule has 1 saturated heterocycles. The standard InChI is InChI=1S/C35H37F3N6O2S/c1-22(2)31-23(3)7-4-10-30(31)43-19-6-20-47-34(43)41-33(45)40-29-9-5-8-28(29)24-11-13-25(14-12-24)32-39-21-44(42-32)26-15-17-27(18-16-26)46-35(36,37)38/h4,7,10-18,21-22,28-29H,5-6,8-9,19-20H2,1-3H3,(H,40,45)/b41-34-. The maximum absolute atomic E-state index is 13.3. The first-order valence-electron chi connectivity index (χ1n) is 15.8. The lowest BCUT2D eigenvalue weighted by molar-refractivity contribution is -0.274. The molecular formula is C35H37F3N6O2S. The number of alkyl halides is 3. The molecule has 1 aliphatic carbocycles. The summed E-state index contributed by atoms with van der Waals surface area (Å²) in [6.45, 7) is 7.37. The molecule has 47 heavy (non-hydrogen) atoms. The van der Waals surface area contributed by atoms with Gasteiger partial charge < -0.3 is 15.0 Å². The number of benzene rings is 3. The minimum absolute atomic E-state index is 0.0217. The highest BCUT2D eigenvalue weighted by Crippen LogP contribution is 2.37. The van der Waals surface area contributed by atoms with Crippen LogP contribution in [-0.2, 0) is 0 Å². The largest absolute Gasteiger partial charge is 0.573 e. The van der Waals surface area contributed by atoms with Crippen molar-refractivity contribution in [2.75, 3.05) is 17.2 Å². The van der Waals surface area contributed by atoms with Crippen molar-refractivity contribution < 1.29 is 22.7 Å². The maximum atomic E-state index is 13.3. The summed E-state index contributed by atoms with van der Waals surface area (Å²) in [4.78, 5) is 24.5. The van der Waals surface area contributed by atoms with Crippen molar-refractivity contribution in [2.24, 2.45) is 4.99 Å². The molecule has 2 aliphatic rings. The van der Waals surface area contributed by atoms with E-state index in [2.05, 4.69) is 69.0 Å². The first kappa shape index (κ1) is 32.6. The van der Waals surface area contributed by atoms with Gasteiger partial charge in [-0.3, -0.25) is 0 Å². The molecule has 1 saturated carbocycles. The van der Waals surface area contributed by atoms with Crippen LogP contribution in [0.25, 0.3) is 17.1 Å². The molecule has 6 rings (SSSR count). The number of rotatable bonds is 7. The second-order valence-electron chi connectivity index (χ2n) is 12.2. The van der Waals surface area contributed by atoms with Crippen molar-refractivity contribution in [1.29, 1.82) is 0 Å². The van der Waals surface area contributed by atoms with Gasteiger partial charge in [0.05, 0.1) is 5.69 Å². The van der Waals surface area contributed by atoms with Gasteiger partial charge in [-0.2, -0.15) is 4.99 Å². The van der Waals surface area contributed by atoms with E-state index in [1.54, 1.807) is 11.8 Å². The van der Waals surface area contributed by atoms with E-state index in [1.807, 2.05) is 24.3 Å². The highest BCUT2D eigenvalue weighted by Gasteiger charge is 2.32. The molecule has 0 bridgehead atoms. The number of anilines is 1. The number of carbonyl (C=O) groups excluding carboxylic acids is 1. The molecule has 1 aromatic heterocycles. The monoisotopic (exact) mass is 662 g/mol. The smallest absolute Gasteiger partial charge is 0.406 e. The third-order valence-corrected chi connectivity index (χ3v) is 9.67. The van der Waals surface area contributed by atoms with Gasteiger partial charge in [-0.05, 0) is 79.1 Å². The van der Waals surface area contributed by atoms with E-state index in [9.17, 15) is 18.0 Å². The summed E-state index contributed by atoms with van der Waals surface area (Å²) < 4.78 is 42.9. The lowest BCUT2D eigenvalue weighted by Gasteiger charge is -2.32. The van der Waals surface area contributed by atoms with E-state index in [1.165, 1.54) is 46.4 Å². The van der Waals surface area contributed by atoms with Crippen LogP contribution >= 0.6 is 11.8 Å². The second-order valence-corrected chi connectivity index (χ2v) is 13.2. The van der Waals surface area contributed by atoms with Gasteiger partial charge in [-0.15, -0.1) is 18.3 Å². The summed E-state index contributed by atoms with van der Waals surface area (Å²) in [5.74, 6) is 1.63. The van der Waals surface area contributed by atoms with E-state index >= 15 is 0 Å². The molecule has 0 spiro atoms. The topological polar surface area (TPSA) is 84.6 Å². The number of hydrogen-bond donors (Lipinski definition) is 1. The third kappa shape index (κ3) is 7.64. The molecule has 12 heteroatoms. The summed E-state index contributed by atoms with van der Waals surface area (Å²) in [7, 11) is 0. The number of carbonyl (C=O) groups is 1. The Hall–Kier alpha value is -4.32. The number of nitrogens with one attached hydrogen (secondary N) is 1. The number of aromatic nitrogens is 3. The Morgan fingerprint density at radius 2 is 1.81 bits per heavy atom. The SMILES string of the molecule is Cc1cccc(N2CCCS/C2=N\C(=O)NC2CCCC2c2ccc(-c3ncn(-c4ccc(OC(F)(F)F)cc4)n3)cc2)c1C(C)C. The molecule has 2 amide bonds. The van der Waals surface area contributed by atoms with Crippen LogP contribution in [0.4, 0.5) is 23.7 Å². The molecule has 4 aromatic rings. The molecule has 8 nitrogen and oxygen atoms in total. The summed E-state index contributed by atoms with van der Waals surface area (Å²) in [5.41, 5.74) is 6.15. The molecule has 2 atom stereocenters. The molecule has 2 heterocycles. The van der Waals surface area contributed by atoms with Gasteiger partial charge in [0, 0.05) is 35.5 Å². The number of nitrogens with zero attached hydrogens (tertiary/aromatic N) is 5. The zero-order chi connectivity index (χ0) is 33.1. The average molecular weight is 663 g/mol. The summed E-state index contributed by atoms with van der Waals surface area (Å²) >= 11 is 1.63. The summed E-state index contributed by atoms with van der Waals surface area (Å²) in [5, 5.41) is 8.47. The number of ether oxygens (including phenoxy) is 1. The van der Waals surface area contributed by atoms with Crippen LogP contribution in [0.15, 0.2) is 78.0 Å². The summed E-state index contributed by atoms with van der Waals surface area (Å²) in [6, 6.07) is 19.5. The molecule has 0 radical (unpaired) electrons. The molecule has 2 fully saturated rings. The van der Waals surface area contributed by atoms with Crippen molar-refractivity contribution in [1.82, 2.24) is 20.1 Å². The number of aryl methyl sites for hydroxylation is 1. The van der Waals surface area contributed by atoms with Crippen molar-refractivity contribution in [3.63, 3.8) is 0 Å². The van der Waals surface area contributed by atoms with Gasteiger partial charge in [-0.1, -0.05) is 68.4 Å². The van der Waals surface area contributed by atoms with Gasteiger partial charge in [0.25, 0.3) is 0 Å². The molecule has 246 valence electrons. The number of hydrogen-bond acceptors (Lipinski definition) is 5. The first-order valence-corrected chi connectivity index (χ1v) is 16.8. The van der Waals surface area contributed by atoms with Gasteiger partial charge in [0.2, 0.25) is 0 Å². The number of aliphatic imine (C=N–C) groups is 1. The Kier molecular flexibility index (Phi) is 9.58. The number of thioether (sulfide) groups is 1. The second kappa shape index (κ2) is 13.8. The molecular weight excluding hydrogens is 625 g/mol. The highest BCUT2D eigenvalue weighted by molar-refractivity contribution is 8.14. The van der Waals surface area contributed by atoms with Crippen LogP contribution < -0.4 is 15.0 Å². The van der Waals surface area contributed by atoms with Crippen LogP contribution in [0.5, 0.6) is 5.75 Å². The van der Waals surface area contributed by atoms with Gasteiger partial charge in [0.1, 0.15) is 12.1 Å². The van der Waals surface area contributed by atoms with Crippen molar-refractivity contribution in [2.45, 2.75) is 70.7 Å². The van der Waals surface area contributed by atoms with E-state index in [0.717, 1.165) is 60.0 Å². The Morgan fingerprint density at radius 1 is 1.04 bits per heavy atom. The van der Waals surface area contributed by atoms with Gasteiger partial charge in [0.15, 0.2) is 11.0 Å². The van der Waals surface area contributed by atoms with E-state index in [-0.39, 0.29) is 23.7 Å². The van der Waals surface area contributed by atoms with E-state index in [4.69, 9.17) is 0 Å². The third-order valence-electron chi connectivity index (χ3n) is 8.60. The van der Waals surface area contributed by atoms with Crippen LogP contribution in [0.3, 0.4) is 0 Å². The lowest BCUT2D eigenvalue weighted by Crippen LogP contribution is -2.39. The van der Waals surface area contributed by atoms with E-state index < -0.39 is 6.36 Å². The minimum Gasteiger partial charge on any atom is -0.406 e. The zero-order valence-electron chi connectivity index (χ0n) is 26.5. The minimum atomic E-state index is -4.75. The van der Waals surface area contributed by atoms with Crippen molar-refractivity contribution in [3.8, 4) is 22.8 Å². The predicted molar refractivity (Wildman–Crippen MR) is 180 cm³/mol. The number of urea groups is 1. The average Bonchev–Trinajstić information content (AvgIpc) is 3.71. The fourth-order valence-electron chi connectivity index (χ4n) is 6.54. The van der Waals surface area contributed by atoms with Crippen LogP contribution in [0.1, 0.15) is 68.1 Å². The number of amides is 2. The molecule has 1 aliphatic heterocycles. The van der Waals surface area contributed by atoms with E-state index in [0.29, 0.717) is 17.4 Å². The quantitative estimate of drug-likeness (QED) is 0.213. The first-order chi connectivity index (χ1) is 22.6. The Bertz CT molecular complexity index is 1740. The number of halogens is 3. The van der Waals surface area contributed by atoms with Crippen LogP contribution in [0, 0.1) is 6.92 Å². The van der Waals surface area contributed by atoms with Gasteiger partial charge in [-0.25, -0.2) is 14.5 Å². The fourth-order valence-corrected chi connectivity index (χ4v) is 7.49. The summed E-state index contributed by atoms with van der Waals surface area (Å²) in [6.07, 6.45) is 0.650. The molecule has 2 unspecified atom stereocenters. The van der Waals surface area contributed by atoms with Crippen LogP contribution in [0.2, 0.25) is 0 Å². The Balaban J connectivity index is 1.12. The molecule has 3 aromatic carbocycles. The van der Waals surface area contributed by atoms with Crippen LogP contribution in [-0.4, -0.2) is 50.7 Å². The van der Waals surface area contributed by atoms with Crippen molar-refractivity contribution in [3.05, 3.63) is 89.7 Å². The Morgan fingerprint density at radius 3 is 2.53 bits per heavy atom. The Labute approximate surface area is 276 Å². The fraction of sp³-hybridized carbons (Fsp3) is 0.371. The predicted octanol–water partition coefficient (Wildman–Crippen LogP) is 8.61. The normalized spacial score (nSPS) is 19.4. The zero-order valence-corrected chi connectivity index (χ0v) is 27.3. The number of amidine groups is 1. The maximum Gasteiger partial charge on any atom is 0.573 e. The van der Waals surface area contributed by atoms with Gasteiger partial charge >= 0.3 is 12.4 Å².